The van der Waals surface area contributed by atoms with E-state index in [2.05, 4.69) is 15.3 Å². The van der Waals surface area contributed by atoms with Gasteiger partial charge in [0, 0.05) is 15.5 Å². The number of ether oxygens (including phenoxy) is 1. The van der Waals surface area contributed by atoms with E-state index in [-0.39, 0.29) is 37.4 Å². The first-order valence-electron chi connectivity index (χ1n) is 15.6. The molecule has 2 aromatic carbocycles. The van der Waals surface area contributed by atoms with Crippen LogP contribution in [-0.2, 0) is 39.2 Å². The van der Waals surface area contributed by atoms with Crippen LogP contribution in [0, 0.1) is 0 Å². The molecule has 1 saturated heterocycles. The highest BCUT2D eigenvalue weighted by Gasteiger charge is 2.56. The minimum Gasteiger partial charge on any atom is -0.451 e. The van der Waals surface area contributed by atoms with Crippen LogP contribution >= 0.6 is 30.7 Å². The van der Waals surface area contributed by atoms with E-state index in [4.69, 9.17) is 13.8 Å². The smallest absolute Gasteiger partial charge is 0.334 e. The van der Waals surface area contributed by atoms with Crippen molar-refractivity contribution < 1.29 is 32.7 Å². The quantitative estimate of drug-likeness (QED) is 0.0433. The molecule has 1 aromatic heterocycles. The van der Waals surface area contributed by atoms with Crippen molar-refractivity contribution in [1.29, 1.82) is 0 Å². The first-order valence-corrected chi connectivity index (χ1v) is 19.2. The molecule has 1 N–H and O–H groups in total. The molecule has 0 spiro atoms. The van der Waals surface area contributed by atoms with Gasteiger partial charge in [0.1, 0.15) is 11.4 Å². The summed E-state index contributed by atoms with van der Waals surface area (Å²) in [7, 11) is -3.73. The second-order valence-corrected chi connectivity index (χ2v) is 15.1. The maximum atomic E-state index is 14.4. The Labute approximate surface area is 292 Å². The molecule has 0 bridgehead atoms. The van der Waals surface area contributed by atoms with E-state index < -0.39 is 43.0 Å². The average Bonchev–Trinajstić information content (AvgIpc) is 3.62. The van der Waals surface area contributed by atoms with E-state index in [0.717, 1.165) is 16.0 Å². The fourth-order valence-electron chi connectivity index (χ4n) is 5.64. The molecule has 2 aliphatic heterocycles. The Bertz CT molecular complexity index is 1760. The van der Waals surface area contributed by atoms with Gasteiger partial charge in [-0.15, -0.1) is 23.1 Å². The van der Waals surface area contributed by atoms with E-state index in [0.29, 0.717) is 11.1 Å². The van der Waals surface area contributed by atoms with E-state index in [1.54, 1.807) is 26.2 Å². The van der Waals surface area contributed by atoms with Gasteiger partial charge in [-0.3, -0.25) is 14.2 Å². The lowest BCUT2D eigenvalue weighted by atomic mass is 9.92. The number of carbonyl (C=O) groups is 3. The minimum absolute atomic E-state index is 0.0345. The molecule has 1 fully saturated rings. The summed E-state index contributed by atoms with van der Waals surface area (Å²) in [5.41, 5.74) is 11.6. The van der Waals surface area contributed by atoms with Gasteiger partial charge in [-0.05, 0) is 65.4 Å². The molecule has 0 radical (unpaired) electrons. The summed E-state index contributed by atoms with van der Waals surface area (Å²) in [6.45, 7) is 5.15. The fraction of sp³-hybridized carbons (Fsp3) is 0.324. The Morgan fingerprint density at radius 1 is 1.02 bits per heavy atom. The molecule has 256 valence electrons. The van der Waals surface area contributed by atoms with Crippen molar-refractivity contribution >= 4 is 48.5 Å². The summed E-state index contributed by atoms with van der Waals surface area (Å²) in [6, 6.07) is 20.0. The summed E-state index contributed by atoms with van der Waals surface area (Å²) in [5.74, 6) is -1.51. The van der Waals surface area contributed by atoms with Crippen LogP contribution in [0.15, 0.2) is 106 Å². The number of azide groups is 1. The number of nitrogens with one attached hydrogen (secondary N) is 1. The monoisotopic (exact) mass is 721 g/mol. The van der Waals surface area contributed by atoms with Gasteiger partial charge < -0.3 is 24.0 Å². The van der Waals surface area contributed by atoms with Gasteiger partial charge in [-0.1, -0.05) is 71.8 Å². The lowest BCUT2D eigenvalue weighted by molar-refractivity contribution is -0.165. The highest BCUT2D eigenvalue weighted by atomic mass is 32.2. The number of rotatable bonds is 15. The van der Waals surface area contributed by atoms with E-state index in [1.807, 2.05) is 78.2 Å². The zero-order chi connectivity index (χ0) is 35.0. The first kappa shape index (κ1) is 36.1. The number of fused-ring (bicyclic) bond motifs is 1. The summed E-state index contributed by atoms with van der Waals surface area (Å²) < 4.78 is 30.7. The number of thioether (sulfide) groups is 1. The number of nitrogens with zero attached hydrogens (tertiary/aromatic N) is 4. The van der Waals surface area contributed by atoms with Crippen LogP contribution in [0.1, 0.15) is 42.9 Å². The zero-order valence-corrected chi connectivity index (χ0v) is 29.7. The van der Waals surface area contributed by atoms with Gasteiger partial charge in [0.2, 0.25) is 11.8 Å². The molecular formula is C34H36N5O7PS2. The summed E-state index contributed by atoms with van der Waals surface area (Å²) in [6.07, 6.45) is -1.04. The highest BCUT2D eigenvalue weighted by Crippen LogP contribution is 2.51. The standard InChI is InChI=1S/C34H36N5O7PS2/c1-4-44-47(43,45-5-2)20-27(37-38-35)22(3)26-21-49-33-29(36-28(40)19-25-17-12-18-48-25)32(41)39(33)30(26)34(42)46-31(23-13-8-6-9-14-23)24-15-10-7-11-16-24/h6-18,21,29-31,33H,4-5,19-20H2,1-3H3,(H,36,40)/b27-22-/t29-,30?,33?/m1/s1. The Hall–Kier alpha value is -4.16. The molecule has 49 heavy (non-hydrogen) atoms. The Kier molecular flexibility index (Phi) is 12.2. The molecule has 5 rings (SSSR count). The van der Waals surface area contributed by atoms with Crippen molar-refractivity contribution in [2.45, 2.75) is 50.8 Å². The van der Waals surface area contributed by atoms with Crippen molar-refractivity contribution in [3.8, 4) is 0 Å². The summed E-state index contributed by atoms with van der Waals surface area (Å²) in [4.78, 5) is 46.3. The number of hydrogen-bond donors (Lipinski definition) is 1. The molecule has 0 saturated carbocycles. The van der Waals surface area contributed by atoms with Crippen LogP contribution in [0.2, 0.25) is 0 Å². The second kappa shape index (κ2) is 16.5. The number of esters is 1. The largest absolute Gasteiger partial charge is 0.451 e. The van der Waals surface area contributed by atoms with Crippen LogP contribution in [-0.4, -0.2) is 59.5 Å². The topological polar surface area (TPSA) is 160 Å². The molecular weight excluding hydrogens is 686 g/mol. The van der Waals surface area contributed by atoms with Gasteiger partial charge in [-0.2, -0.15) is 0 Å². The molecule has 15 heteroatoms. The third kappa shape index (κ3) is 8.36. The van der Waals surface area contributed by atoms with E-state index in [1.165, 1.54) is 28.0 Å². The normalized spacial score (nSPS) is 19.2. The van der Waals surface area contributed by atoms with Crippen LogP contribution in [0.5, 0.6) is 0 Å². The average molecular weight is 722 g/mol. The summed E-state index contributed by atoms with van der Waals surface area (Å²) in [5, 5.41) is 9.63. The summed E-state index contributed by atoms with van der Waals surface area (Å²) >= 11 is 2.68. The molecule has 12 nitrogen and oxygen atoms in total. The fourth-order valence-corrected chi connectivity index (χ4v) is 9.35. The van der Waals surface area contributed by atoms with Crippen molar-refractivity contribution in [2.24, 2.45) is 5.11 Å². The number of allylic oxidation sites excluding steroid dienone is 1. The number of carbonyl (C=O) groups excluding carboxylic acids is 3. The lowest BCUT2D eigenvalue weighted by Crippen LogP contribution is -2.74. The molecule has 0 aliphatic carbocycles. The predicted octanol–water partition coefficient (Wildman–Crippen LogP) is 7.13. The SMILES string of the molecule is CCOP(=O)(C/C(N=[N+]=[N-])=C(\C)C1=CSC2[C@H](NC(=O)Cc3cccs3)C(=O)N2C1C(=O)OC(c1ccccc1)c1ccccc1)OCC. The zero-order valence-electron chi connectivity index (χ0n) is 27.1. The van der Waals surface area contributed by atoms with Gasteiger partial charge in [0.15, 0.2) is 12.1 Å². The van der Waals surface area contributed by atoms with Crippen molar-refractivity contribution in [3.63, 3.8) is 0 Å². The van der Waals surface area contributed by atoms with E-state index in [9.17, 15) is 24.5 Å². The number of benzene rings is 2. The van der Waals surface area contributed by atoms with Gasteiger partial charge in [-0.25, -0.2) is 4.79 Å². The molecule has 2 amide bonds. The first-order chi connectivity index (χ1) is 23.7. The van der Waals surface area contributed by atoms with Gasteiger partial charge in [0.05, 0.1) is 25.8 Å². The van der Waals surface area contributed by atoms with Gasteiger partial charge in [0.25, 0.3) is 0 Å². The third-order valence-electron chi connectivity index (χ3n) is 7.91. The molecule has 3 atom stereocenters. The maximum absolute atomic E-state index is 14.4. The van der Waals surface area contributed by atoms with Crippen LogP contribution in [0.3, 0.4) is 0 Å². The molecule has 3 heterocycles. The van der Waals surface area contributed by atoms with Crippen molar-refractivity contribution in [2.75, 3.05) is 19.4 Å². The van der Waals surface area contributed by atoms with Crippen LogP contribution in [0.4, 0.5) is 0 Å². The molecule has 3 aromatic rings. The minimum atomic E-state index is -3.73. The predicted molar refractivity (Wildman–Crippen MR) is 188 cm³/mol. The number of amides is 2. The van der Waals surface area contributed by atoms with Gasteiger partial charge >= 0.3 is 13.6 Å². The van der Waals surface area contributed by atoms with Crippen molar-refractivity contribution in [3.05, 3.63) is 127 Å². The van der Waals surface area contributed by atoms with Crippen LogP contribution < -0.4 is 5.32 Å². The Balaban J connectivity index is 1.52. The number of hydrogen-bond acceptors (Lipinski definition) is 10. The van der Waals surface area contributed by atoms with E-state index >= 15 is 0 Å². The van der Waals surface area contributed by atoms with Crippen LogP contribution in [0.25, 0.3) is 10.4 Å². The Morgan fingerprint density at radius 2 is 1.65 bits per heavy atom. The van der Waals surface area contributed by atoms with Crippen molar-refractivity contribution in [1.82, 2.24) is 10.2 Å². The lowest BCUT2D eigenvalue weighted by Gasteiger charge is -2.52. The number of β-lactam (4-membered cyclic amide) rings is 1. The third-order valence-corrected chi connectivity index (χ3v) is 11.9. The molecule has 2 unspecified atom stereocenters. The number of thiophene rings is 1. The Morgan fingerprint density at radius 3 is 2.20 bits per heavy atom. The maximum Gasteiger partial charge on any atom is 0.334 e. The second-order valence-electron chi connectivity index (χ2n) is 11.1. The highest BCUT2D eigenvalue weighted by molar-refractivity contribution is 8.03. The molecule has 2 aliphatic rings.